The lowest BCUT2D eigenvalue weighted by Crippen LogP contribution is -2.09. The Hall–Kier alpha value is -1.90. The zero-order valence-corrected chi connectivity index (χ0v) is 10.5. The summed E-state index contributed by atoms with van der Waals surface area (Å²) in [6, 6.07) is 9.76. The van der Waals surface area contributed by atoms with Gasteiger partial charge in [-0.05, 0) is 30.4 Å². The van der Waals surface area contributed by atoms with E-state index in [1.165, 1.54) is 24.8 Å². The summed E-state index contributed by atoms with van der Waals surface area (Å²) < 4.78 is 1.65. The van der Waals surface area contributed by atoms with E-state index < -0.39 is 0 Å². The minimum absolute atomic E-state index is 0.00393. The molecule has 1 saturated carbocycles. The Morgan fingerprint density at radius 2 is 1.94 bits per heavy atom. The van der Waals surface area contributed by atoms with Crippen molar-refractivity contribution in [2.45, 2.75) is 25.2 Å². The van der Waals surface area contributed by atoms with Gasteiger partial charge in [0.2, 0.25) is 5.78 Å². The Kier molecular flexibility index (Phi) is 2.74. The van der Waals surface area contributed by atoms with Crippen molar-refractivity contribution >= 4 is 5.78 Å². The second-order valence-corrected chi connectivity index (χ2v) is 4.95. The Labute approximate surface area is 106 Å². The van der Waals surface area contributed by atoms with E-state index in [-0.39, 0.29) is 5.78 Å². The average Bonchev–Trinajstić information content (AvgIpc) is 2.74. The molecule has 92 valence electrons. The van der Waals surface area contributed by atoms with Crippen LogP contribution in [0.4, 0.5) is 0 Å². The van der Waals surface area contributed by atoms with Crippen molar-refractivity contribution in [3.05, 3.63) is 53.3 Å². The molecular formula is C15H16N2O. The minimum Gasteiger partial charge on any atom is -0.287 e. The Morgan fingerprint density at radius 1 is 1.22 bits per heavy atom. The van der Waals surface area contributed by atoms with Crippen LogP contribution in [0.3, 0.4) is 0 Å². The first-order valence-corrected chi connectivity index (χ1v) is 6.38. The highest BCUT2D eigenvalue weighted by atomic mass is 16.1. The summed E-state index contributed by atoms with van der Waals surface area (Å²) in [5, 5.41) is 4.14. The second-order valence-electron chi connectivity index (χ2n) is 4.95. The second kappa shape index (κ2) is 4.41. The van der Waals surface area contributed by atoms with E-state index in [2.05, 4.69) is 17.2 Å². The molecule has 0 unspecified atom stereocenters. The van der Waals surface area contributed by atoms with Crippen LogP contribution in [0.2, 0.25) is 0 Å². The van der Waals surface area contributed by atoms with E-state index in [4.69, 9.17) is 0 Å². The van der Waals surface area contributed by atoms with Gasteiger partial charge in [-0.15, -0.1) is 0 Å². The van der Waals surface area contributed by atoms with Crippen LogP contribution in [0.1, 0.15) is 46.8 Å². The molecule has 0 atom stereocenters. The van der Waals surface area contributed by atoms with Crippen LogP contribution >= 0.6 is 0 Å². The topological polar surface area (TPSA) is 34.9 Å². The highest BCUT2D eigenvalue weighted by Gasteiger charge is 2.19. The maximum Gasteiger partial charge on any atom is 0.213 e. The van der Waals surface area contributed by atoms with Crippen LogP contribution in [0.15, 0.2) is 36.5 Å². The summed E-state index contributed by atoms with van der Waals surface area (Å²) in [5.74, 6) is 0.708. The van der Waals surface area contributed by atoms with Crippen LogP contribution in [0, 0.1) is 0 Å². The molecule has 0 amide bonds. The van der Waals surface area contributed by atoms with E-state index in [0.717, 1.165) is 5.56 Å². The fourth-order valence-electron chi connectivity index (χ4n) is 2.33. The molecule has 1 fully saturated rings. The summed E-state index contributed by atoms with van der Waals surface area (Å²) in [5.41, 5.74) is 2.59. The number of nitrogens with zero attached hydrogens (tertiary/aromatic N) is 2. The molecule has 0 radical (unpaired) electrons. The first-order valence-electron chi connectivity index (χ1n) is 6.38. The summed E-state index contributed by atoms with van der Waals surface area (Å²) in [4.78, 5) is 12.1. The number of carbonyl (C=O) groups excluding carboxylic acids is 1. The van der Waals surface area contributed by atoms with Gasteiger partial charge in [0.25, 0.3) is 0 Å². The number of aromatic nitrogens is 2. The molecule has 1 aliphatic rings. The molecule has 1 heterocycles. The molecule has 3 heteroatoms. The molecule has 2 aromatic rings. The SMILES string of the molecule is Cn1ccc(C(=O)c2ccc(C3CCC3)cc2)n1. The molecule has 0 N–H and O–H groups in total. The van der Waals surface area contributed by atoms with Crippen LogP contribution in [0.5, 0.6) is 0 Å². The van der Waals surface area contributed by atoms with Gasteiger partial charge in [-0.1, -0.05) is 30.7 Å². The Balaban J connectivity index is 1.81. The van der Waals surface area contributed by atoms with E-state index >= 15 is 0 Å². The first kappa shape index (κ1) is 11.2. The molecule has 1 aromatic carbocycles. The maximum atomic E-state index is 12.1. The quantitative estimate of drug-likeness (QED) is 0.773. The zero-order chi connectivity index (χ0) is 12.5. The van der Waals surface area contributed by atoms with Crippen molar-refractivity contribution < 1.29 is 4.79 Å². The molecule has 0 aliphatic heterocycles. The van der Waals surface area contributed by atoms with Gasteiger partial charge in [-0.2, -0.15) is 5.10 Å². The molecule has 18 heavy (non-hydrogen) atoms. The molecular weight excluding hydrogens is 224 g/mol. The minimum atomic E-state index is -0.00393. The van der Waals surface area contributed by atoms with Crippen LogP contribution in [0.25, 0.3) is 0 Å². The van der Waals surface area contributed by atoms with E-state index in [9.17, 15) is 4.79 Å². The zero-order valence-electron chi connectivity index (χ0n) is 10.5. The Morgan fingerprint density at radius 3 is 2.44 bits per heavy atom. The third-order valence-electron chi connectivity index (χ3n) is 3.70. The third-order valence-corrected chi connectivity index (χ3v) is 3.70. The molecule has 1 aromatic heterocycles. The number of ketones is 1. The van der Waals surface area contributed by atoms with E-state index in [1.807, 2.05) is 19.2 Å². The van der Waals surface area contributed by atoms with Gasteiger partial charge in [-0.25, -0.2) is 0 Å². The summed E-state index contributed by atoms with van der Waals surface area (Å²) in [7, 11) is 1.82. The van der Waals surface area contributed by atoms with Gasteiger partial charge in [0.1, 0.15) is 5.69 Å². The number of benzene rings is 1. The molecule has 1 aliphatic carbocycles. The van der Waals surface area contributed by atoms with Gasteiger partial charge in [0.05, 0.1) is 0 Å². The van der Waals surface area contributed by atoms with Crippen molar-refractivity contribution in [2.75, 3.05) is 0 Å². The van der Waals surface area contributed by atoms with Gasteiger partial charge in [0.15, 0.2) is 0 Å². The highest BCUT2D eigenvalue weighted by Crippen LogP contribution is 2.36. The van der Waals surface area contributed by atoms with Gasteiger partial charge >= 0.3 is 0 Å². The number of rotatable bonds is 3. The predicted molar refractivity (Wildman–Crippen MR) is 69.7 cm³/mol. The number of carbonyl (C=O) groups is 1. The van der Waals surface area contributed by atoms with Crippen LogP contribution in [-0.4, -0.2) is 15.6 Å². The number of hydrogen-bond acceptors (Lipinski definition) is 2. The number of aryl methyl sites for hydroxylation is 1. The third kappa shape index (κ3) is 1.96. The van der Waals surface area contributed by atoms with Gasteiger partial charge in [0, 0.05) is 18.8 Å². The van der Waals surface area contributed by atoms with Crippen molar-refractivity contribution in [1.29, 1.82) is 0 Å². The smallest absolute Gasteiger partial charge is 0.213 e. The van der Waals surface area contributed by atoms with Crippen molar-refractivity contribution in [2.24, 2.45) is 7.05 Å². The largest absolute Gasteiger partial charge is 0.287 e. The van der Waals surface area contributed by atoms with Crippen molar-refractivity contribution in [3.8, 4) is 0 Å². The van der Waals surface area contributed by atoms with Crippen molar-refractivity contribution in [1.82, 2.24) is 9.78 Å². The molecule has 0 spiro atoms. The fraction of sp³-hybridized carbons (Fsp3) is 0.333. The van der Waals surface area contributed by atoms with E-state index in [1.54, 1.807) is 16.9 Å². The van der Waals surface area contributed by atoms with Gasteiger partial charge < -0.3 is 0 Å². The Bertz CT molecular complexity index is 564. The molecule has 0 saturated heterocycles. The fourth-order valence-corrected chi connectivity index (χ4v) is 2.33. The van der Waals surface area contributed by atoms with Crippen LogP contribution in [-0.2, 0) is 7.05 Å². The summed E-state index contributed by atoms with van der Waals surface area (Å²) >= 11 is 0. The standard InChI is InChI=1S/C15H16N2O/c1-17-10-9-14(16-17)15(18)13-7-5-12(6-8-13)11-3-2-4-11/h5-11H,2-4H2,1H3. The van der Waals surface area contributed by atoms with Crippen LogP contribution < -0.4 is 0 Å². The van der Waals surface area contributed by atoms with E-state index in [0.29, 0.717) is 11.6 Å². The predicted octanol–water partition coefficient (Wildman–Crippen LogP) is 2.92. The first-order chi connectivity index (χ1) is 8.74. The lowest BCUT2D eigenvalue weighted by atomic mass is 9.80. The lowest BCUT2D eigenvalue weighted by Gasteiger charge is -2.25. The monoisotopic (exact) mass is 240 g/mol. The van der Waals surface area contributed by atoms with Crippen molar-refractivity contribution in [3.63, 3.8) is 0 Å². The van der Waals surface area contributed by atoms with Gasteiger partial charge in [-0.3, -0.25) is 9.48 Å². The molecule has 0 bridgehead atoms. The lowest BCUT2D eigenvalue weighted by molar-refractivity contribution is 0.103. The number of hydrogen-bond donors (Lipinski definition) is 0. The summed E-state index contributed by atoms with van der Waals surface area (Å²) in [6.07, 6.45) is 5.69. The molecule has 3 rings (SSSR count). The molecule has 3 nitrogen and oxygen atoms in total. The normalized spacial score (nSPS) is 15.4. The highest BCUT2D eigenvalue weighted by molar-refractivity contribution is 6.07. The summed E-state index contributed by atoms with van der Waals surface area (Å²) in [6.45, 7) is 0. The average molecular weight is 240 g/mol. The maximum absolute atomic E-state index is 12.1.